The first-order valence-corrected chi connectivity index (χ1v) is 16.2. The maximum Gasteiger partial charge on any atom is 0.247 e. The van der Waals surface area contributed by atoms with Gasteiger partial charge in [0.1, 0.15) is 6.04 Å². The molecule has 3 aliphatic heterocycles. The Morgan fingerprint density at radius 1 is 1.12 bits per heavy atom. The highest BCUT2D eigenvalue weighted by Gasteiger charge is 2.74. The number of unbranched alkanes of at least 4 members (excludes halogenated alkanes) is 3. The second-order valence-corrected chi connectivity index (χ2v) is 13.3. The average Bonchev–Trinajstić information content (AvgIpc) is 3.62. The van der Waals surface area contributed by atoms with E-state index < -0.39 is 22.6 Å². The maximum absolute atomic E-state index is 14.5. The average molecular weight is 582 g/mol. The summed E-state index contributed by atoms with van der Waals surface area (Å²) < 4.78 is -0.605. The van der Waals surface area contributed by atoms with Gasteiger partial charge in [-0.25, -0.2) is 0 Å². The van der Waals surface area contributed by atoms with Gasteiger partial charge in [0, 0.05) is 43.2 Å². The number of rotatable bonds is 16. The number of carbonyl (C=O) groups is 3. The number of aliphatic hydroxyl groups excluding tert-OH is 1. The van der Waals surface area contributed by atoms with Crippen molar-refractivity contribution in [1.29, 1.82) is 0 Å². The normalized spacial score (nSPS) is 27.0. The molecule has 0 saturated carbocycles. The zero-order valence-corrected chi connectivity index (χ0v) is 25.6. The van der Waals surface area contributed by atoms with E-state index in [4.69, 9.17) is 0 Å². The van der Waals surface area contributed by atoms with E-state index in [1.165, 1.54) is 0 Å². The number of fused-ring (bicyclic) bond motifs is 1. The smallest absolute Gasteiger partial charge is 0.247 e. The molecule has 224 valence electrons. The number of aliphatic hydroxyl groups is 1. The number of benzene rings is 1. The van der Waals surface area contributed by atoms with Gasteiger partial charge in [0.2, 0.25) is 17.7 Å². The molecular formula is C33H47N3O4S. The van der Waals surface area contributed by atoms with Crippen molar-refractivity contribution in [3.63, 3.8) is 0 Å². The Hall–Kier alpha value is -2.58. The number of para-hydroxylation sites is 1. The third kappa shape index (κ3) is 6.00. The molecule has 4 rings (SSSR count). The zero-order valence-electron chi connectivity index (χ0n) is 24.7. The van der Waals surface area contributed by atoms with Crippen LogP contribution in [0.3, 0.4) is 0 Å². The molecule has 3 aliphatic rings. The van der Waals surface area contributed by atoms with Crippen LogP contribution in [-0.2, 0) is 14.4 Å². The van der Waals surface area contributed by atoms with Gasteiger partial charge in [-0.1, -0.05) is 56.5 Å². The molecule has 3 amide bonds. The van der Waals surface area contributed by atoms with Crippen molar-refractivity contribution in [3.8, 4) is 0 Å². The van der Waals surface area contributed by atoms with Crippen LogP contribution in [0.5, 0.6) is 0 Å². The van der Waals surface area contributed by atoms with E-state index in [0.29, 0.717) is 19.6 Å². The lowest BCUT2D eigenvalue weighted by Gasteiger charge is -2.39. The van der Waals surface area contributed by atoms with E-state index in [2.05, 4.69) is 27.0 Å². The van der Waals surface area contributed by atoms with Gasteiger partial charge >= 0.3 is 0 Å². The minimum atomic E-state index is -0.605. The summed E-state index contributed by atoms with van der Waals surface area (Å²) in [6.45, 7) is 13.4. The summed E-state index contributed by atoms with van der Waals surface area (Å²) in [5, 5.41) is 9.21. The third-order valence-corrected chi connectivity index (χ3v) is 11.1. The molecule has 3 fully saturated rings. The summed E-state index contributed by atoms with van der Waals surface area (Å²) >= 11 is 1.73. The van der Waals surface area contributed by atoms with E-state index >= 15 is 0 Å². The highest BCUT2D eigenvalue weighted by molar-refractivity contribution is 8.02. The summed E-state index contributed by atoms with van der Waals surface area (Å²) in [4.78, 5) is 48.7. The molecule has 0 aromatic heterocycles. The van der Waals surface area contributed by atoms with Gasteiger partial charge in [-0.15, -0.1) is 24.9 Å². The van der Waals surface area contributed by atoms with Gasteiger partial charge in [0.15, 0.2) is 0 Å². The molecule has 1 aromatic rings. The highest BCUT2D eigenvalue weighted by Crippen LogP contribution is 2.66. The van der Waals surface area contributed by atoms with E-state index in [1.54, 1.807) is 28.8 Å². The summed E-state index contributed by atoms with van der Waals surface area (Å²) in [5.41, 5.74) is 0.795. The molecule has 41 heavy (non-hydrogen) atoms. The van der Waals surface area contributed by atoms with Crippen LogP contribution in [0.1, 0.15) is 65.2 Å². The highest BCUT2D eigenvalue weighted by atomic mass is 32.2. The SMILES string of the molecule is C=CCN(C(=O)[C@@H]1[C@@H]2CCC3(S2)C(C(=O)N(CC=C)C(C)CCC)N(CCCCCCO)C(=O)[C@H]13)c1ccccc1. The van der Waals surface area contributed by atoms with Crippen molar-refractivity contribution < 1.29 is 19.5 Å². The molecule has 8 heteroatoms. The second kappa shape index (κ2) is 14.1. The number of nitrogens with zero attached hydrogens (tertiary/aromatic N) is 3. The van der Waals surface area contributed by atoms with Gasteiger partial charge in [-0.2, -0.15) is 0 Å². The third-order valence-electron chi connectivity index (χ3n) is 9.12. The number of amides is 3. The minimum absolute atomic E-state index is 0.00963. The van der Waals surface area contributed by atoms with Gasteiger partial charge in [0.25, 0.3) is 0 Å². The van der Waals surface area contributed by atoms with Crippen LogP contribution in [0.25, 0.3) is 0 Å². The van der Waals surface area contributed by atoms with Crippen LogP contribution in [-0.4, -0.2) is 80.9 Å². The first-order valence-electron chi connectivity index (χ1n) is 15.3. The van der Waals surface area contributed by atoms with Crippen LogP contribution in [0.4, 0.5) is 5.69 Å². The zero-order chi connectivity index (χ0) is 29.6. The lowest BCUT2D eigenvalue weighted by Crippen LogP contribution is -2.56. The number of anilines is 1. The van der Waals surface area contributed by atoms with Crippen LogP contribution in [0.2, 0.25) is 0 Å². The first kappa shape index (κ1) is 31.4. The van der Waals surface area contributed by atoms with Gasteiger partial charge in [-0.05, 0) is 51.2 Å². The number of hydrogen-bond acceptors (Lipinski definition) is 5. The Bertz CT molecular complexity index is 1100. The van der Waals surface area contributed by atoms with Crippen LogP contribution in [0, 0.1) is 11.8 Å². The lowest BCUT2D eigenvalue weighted by molar-refractivity contribution is -0.143. The first-order chi connectivity index (χ1) is 19.9. The predicted octanol–water partition coefficient (Wildman–Crippen LogP) is 5.05. The molecular weight excluding hydrogens is 534 g/mol. The number of likely N-dealkylation sites (tertiary alicyclic amines) is 1. The summed E-state index contributed by atoms with van der Waals surface area (Å²) in [5.74, 6) is -1.10. The largest absolute Gasteiger partial charge is 0.396 e. The van der Waals surface area contributed by atoms with Crippen LogP contribution < -0.4 is 4.90 Å². The number of carbonyl (C=O) groups excluding carboxylic acids is 3. The fourth-order valence-corrected chi connectivity index (χ4v) is 9.50. The topological polar surface area (TPSA) is 81.2 Å². The summed E-state index contributed by atoms with van der Waals surface area (Å²) in [7, 11) is 0. The van der Waals surface area contributed by atoms with Gasteiger partial charge < -0.3 is 19.8 Å². The monoisotopic (exact) mass is 581 g/mol. The predicted molar refractivity (Wildman–Crippen MR) is 167 cm³/mol. The Kier molecular flexibility index (Phi) is 10.8. The molecule has 0 radical (unpaired) electrons. The van der Waals surface area contributed by atoms with Gasteiger partial charge in [0.05, 0.1) is 16.6 Å². The van der Waals surface area contributed by atoms with E-state index in [-0.39, 0.29) is 35.6 Å². The maximum atomic E-state index is 14.5. The Morgan fingerprint density at radius 3 is 2.49 bits per heavy atom. The molecule has 3 heterocycles. The Balaban J connectivity index is 1.70. The molecule has 2 bridgehead atoms. The van der Waals surface area contributed by atoms with Crippen molar-refractivity contribution in [1.82, 2.24) is 9.80 Å². The van der Waals surface area contributed by atoms with Crippen molar-refractivity contribution >= 4 is 35.2 Å². The lowest BCUT2D eigenvalue weighted by atomic mass is 9.70. The Labute approximate surface area is 250 Å². The van der Waals surface area contributed by atoms with Crippen molar-refractivity contribution in [2.45, 2.75) is 87.3 Å². The standard InChI is InChI=1S/C33H47N3O4S/c1-5-15-24(4)34(20-6-2)32(40)29-33-19-18-26(41-33)27(28(33)31(39)36(29)22-13-8-9-14-23-37)30(38)35(21-7-3)25-16-11-10-12-17-25/h6-7,10-12,16-17,24,26-29,37H,2-3,5,8-9,13-15,18-23H2,1,4H3/t24?,26-,27+,28-,29?,33?/m0/s1. The molecule has 3 unspecified atom stereocenters. The van der Waals surface area contributed by atoms with E-state index in [0.717, 1.165) is 57.1 Å². The number of hydrogen-bond donors (Lipinski definition) is 1. The summed E-state index contributed by atoms with van der Waals surface area (Å²) in [6.07, 6.45) is 10.2. The fraction of sp³-hybridized carbons (Fsp3) is 0.606. The van der Waals surface area contributed by atoms with Crippen LogP contribution >= 0.6 is 11.8 Å². The van der Waals surface area contributed by atoms with Crippen molar-refractivity contribution in [3.05, 3.63) is 55.6 Å². The number of thioether (sulfide) groups is 1. The molecule has 1 aromatic carbocycles. The summed E-state index contributed by atoms with van der Waals surface area (Å²) in [6, 6.07) is 9.03. The molecule has 3 saturated heterocycles. The molecule has 0 aliphatic carbocycles. The Morgan fingerprint density at radius 2 is 1.83 bits per heavy atom. The quantitative estimate of drug-likeness (QED) is 0.218. The van der Waals surface area contributed by atoms with E-state index in [1.807, 2.05) is 40.1 Å². The fourth-order valence-electron chi connectivity index (χ4n) is 7.30. The minimum Gasteiger partial charge on any atom is -0.396 e. The van der Waals surface area contributed by atoms with Crippen molar-refractivity contribution in [2.24, 2.45) is 11.8 Å². The van der Waals surface area contributed by atoms with Crippen LogP contribution in [0.15, 0.2) is 55.6 Å². The van der Waals surface area contributed by atoms with Gasteiger partial charge in [-0.3, -0.25) is 14.4 Å². The molecule has 7 nitrogen and oxygen atoms in total. The molecule has 6 atom stereocenters. The van der Waals surface area contributed by atoms with Crippen molar-refractivity contribution in [2.75, 3.05) is 31.1 Å². The molecule has 1 N–H and O–H groups in total. The molecule has 1 spiro atoms. The van der Waals surface area contributed by atoms with E-state index in [9.17, 15) is 19.5 Å². The second-order valence-electron chi connectivity index (χ2n) is 11.7.